The zero-order valence-corrected chi connectivity index (χ0v) is 16.0. The molecule has 2 atom stereocenters. The summed E-state index contributed by atoms with van der Waals surface area (Å²) in [6, 6.07) is 5.43. The molecule has 0 saturated heterocycles. The minimum absolute atomic E-state index is 0.0121. The van der Waals surface area contributed by atoms with Gasteiger partial charge in [0.25, 0.3) is 0 Å². The van der Waals surface area contributed by atoms with Crippen molar-refractivity contribution in [2.45, 2.75) is 44.3 Å². The highest BCUT2D eigenvalue weighted by Crippen LogP contribution is 2.25. The van der Waals surface area contributed by atoms with E-state index in [4.69, 9.17) is 21.1 Å². The second-order valence-corrected chi connectivity index (χ2v) is 7.05. The van der Waals surface area contributed by atoms with E-state index in [1.54, 1.807) is 17.0 Å². The Kier molecular flexibility index (Phi) is 8.65. The maximum Gasteiger partial charge on any atom is 0.248 e. The van der Waals surface area contributed by atoms with E-state index in [0.717, 1.165) is 31.2 Å². The molecule has 0 saturated carbocycles. The highest BCUT2D eigenvalue weighted by molar-refractivity contribution is 6.30. The molecule has 2 rings (SSSR count). The van der Waals surface area contributed by atoms with Gasteiger partial charge in [-0.25, -0.2) is 0 Å². The number of methoxy groups -OCH3 is 1. The molecule has 7 heteroatoms. The molecule has 1 aromatic carbocycles. The van der Waals surface area contributed by atoms with Crippen molar-refractivity contribution in [3.63, 3.8) is 0 Å². The molecule has 0 aliphatic carbocycles. The smallest absolute Gasteiger partial charge is 0.248 e. The van der Waals surface area contributed by atoms with E-state index in [1.165, 1.54) is 7.11 Å². The van der Waals surface area contributed by atoms with E-state index in [0.29, 0.717) is 23.9 Å². The van der Waals surface area contributed by atoms with Crippen LogP contribution in [0.5, 0.6) is 5.75 Å². The molecule has 26 heavy (non-hydrogen) atoms. The third-order valence-electron chi connectivity index (χ3n) is 4.57. The minimum atomic E-state index is -1.03. The van der Waals surface area contributed by atoms with Gasteiger partial charge in [0.2, 0.25) is 5.91 Å². The number of amides is 1. The van der Waals surface area contributed by atoms with Gasteiger partial charge in [-0.1, -0.05) is 18.0 Å². The van der Waals surface area contributed by atoms with Crippen LogP contribution in [0, 0.1) is 0 Å². The van der Waals surface area contributed by atoms with Gasteiger partial charge in [-0.2, -0.15) is 0 Å². The molecule has 0 radical (unpaired) electrons. The first kappa shape index (κ1) is 21.0. The van der Waals surface area contributed by atoms with Gasteiger partial charge >= 0.3 is 0 Å². The van der Waals surface area contributed by atoms with E-state index in [-0.39, 0.29) is 25.5 Å². The van der Waals surface area contributed by atoms with Gasteiger partial charge in [0.05, 0.1) is 6.10 Å². The number of aryl methyl sites for hydroxylation is 1. The highest BCUT2D eigenvalue weighted by atomic mass is 35.5. The van der Waals surface area contributed by atoms with Crippen LogP contribution in [-0.2, 0) is 16.0 Å². The Morgan fingerprint density at radius 1 is 1.27 bits per heavy atom. The minimum Gasteiger partial charge on any atom is -0.491 e. The number of benzene rings is 1. The zero-order chi connectivity index (χ0) is 18.9. The average Bonchev–Trinajstić information content (AvgIpc) is 2.62. The summed E-state index contributed by atoms with van der Waals surface area (Å²) in [5.74, 6) is 0.587. The first-order valence-corrected chi connectivity index (χ1v) is 9.43. The van der Waals surface area contributed by atoms with E-state index in [2.05, 4.69) is 0 Å². The monoisotopic (exact) mass is 385 g/mol. The summed E-state index contributed by atoms with van der Waals surface area (Å²) in [5, 5.41) is 21.0. The Labute approximate surface area is 159 Å². The highest BCUT2D eigenvalue weighted by Gasteiger charge is 2.21. The van der Waals surface area contributed by atoms with Gasteiger partial charge in [0.1, 0.15) is 25.1 Å². The van der Waals surface area contributed by atoms with Gasteiger partial charge in [-0.05, 0) is 49.4 Å². The molecular formula is C19H28ClNO5. The summed E-state index contributed by atoms with van der Waals surface area (Å²) in [7, 11) is 1.49. The fourth-order valence-electron chi connectivity index (χ4n) is 3.02. The molecule has 1 amide bonds. The Bertz CT molecular complexity index is 583. The fraction of sp³-hybridized carbons (Fsp3) is 0.632. The number of hydrogen-bond donors (Lipinski definition) is 2. The molecule has 0 spiro atoms. The summed E-state index contributed by atoms with van der Waals surface area (Å²) >= 11 is 6.08. The molecule has 1 aromatic rings. The SMILES string of the molecule is COCC(=O)N1CCCCCc2cc(Cl)ccc2OC[C@@H](O)[C@@H](O)CC1. The summed E-state index contributed by atoms with van der Waals surface area (Å²) in [4.78, 5) is 13.8. The van der Waals surface area contributed by atoms with Crippen molar-refractivity contribution in [2.75, 3.05) is 33.4 Å². The molecule has 0 bridgehead atoms. The van der Waals surface area contributed by atoms with Crippen molar-refractivity contribution in [3.8, 4) is 5.75 Å². The van der Waals surface area contributed by atoms with Crippen LogP contribution in [-0.4, -0.2) is 66.6 Å². The number of hydrogen-bond acceptors (Lipinski definition) is 5. The first-order chi connectivity index (χ1) is 12.5. The summed E-state index contributed by atoms with van der Waals surface area (Å²) < 4.78 is 10.6. The number of rotatable bonds is 2. The fourth-order valence-corrected chi connectivity index (χ4v) is 3.22. The van der Waals surface area contributed by atoms with Gasteiger partial charge in [0.15, 0.2) is 0 Å². The third-order valence-corrected chi connectivity index (χ3v) is 4.80. The van der Waals surface area contributed by atoms with Crippen molar-refractivity contribution in [1.29, 1.82) is 0 Å². The predicted molar refractivity (Wildman–Crippen MR) is 99.6 cm³/mol. The van der Waals surface area contributed by atoms with Crippen LogP contribution in [0.15, 0.2) is 18.2 Å². The Morgan fingerprint density at radius 3 is 2.85 bits per heavy atom. The third kappa shape index (κ3) is 6.43. The van der Waals surface area contributed by atoms with Gasteiger partial charge in [-0.15, -0.1) is 0 Å². The van der Waals surface area contributed by atoms with Crippen LogP contribution in [0.3, 0.4) is 0 Å². The number of aliphatic hydroxyl groups is 2. The van der Waals surface area contributed by atoms with E-state index in [9.17, 15) is 15.0 Å². The van der Waals surface area contributed by atoms with Crippen LogP contribution in [0.25, 0.3) is 0 Å². The summed E-state index contributed by atoms with van der Waals surface area (Å²) in [5.41, 5.74) is 0.989. The maximum atomic E-state index is 12.1. The normalized spacial score (nSPS) is 22.8. The van der Waals surface area contributed by atoms with E-state index in [1.807, 2.05) is 6.07 Å². The lowest BCUT2D eigenvalue weighted by molar-refractivity contribution is -0.135. The molecular weight excluding hydrogens is 358 g/mol. The Hall–Kier alpha value is -1.34. The standard InChI is InChI=1S/C19H28ClNO5/c1-25-13-19(24)21-9-4-2-3-5-14-11-15(20)6-7-18(14)26-12-17(23)16(22)8-10-21/h6-7,11,16-17,22-23H,2-5,8-10,12-13H2,1H3/t16-,17+/m0/s1. The zero-order valence-electron chi connectivity index (χ0n) is 15.2. The molecule has 2 N–H and O–H groups in total. The second kappa shape index (κ2) is 10.7. The van der Waals surface area contributed by atoms with Crippen LogP contribution in [0.4, 0.5) is 0 Å². The number of halogens is 1. The number of carbonyl (C=O) groups excluding carboxylic acids is 1. The lowest BCUT2D eigenvalue weighted by Gasteiger charge is -2.26. The molecule has 1 aliphatic rings. The van der Waals surface area contributed by atoms with Crippen LogP contribution in [0.1, 0.15) is 31.2 Å². The number of ether oxygens (including phenoxy) is 2. The molecule has 146 valence electrons. The number of fused-ring (bicyclic) bond motifs is 1. The summed E-state index contributed by atoms with van der Waals surface area (Å²) in [6.45, 7) is 1.01. The van der Waals surface area contributed by atoms with Crippen molar-refractivity contribution in [1.82, 2.24) is 4.90 Å². The number of nitrogens with zero attached hydrogens (tertiary/aromatic N) is 1. The predicted octanol–water partition coefficient (Wildman–Crippen LogP) is 2.03. The van der Waals surface area contributed by atoms with Crippen LogP contribution in [0.2, 0.25) is 5.02 Å². The van der Waals surface area contributed by atoms with Crippen molar-refractivity contribution in [2.24, 2.45) is 0 Å². The van der Waals surface area contributed by atoms with Crippen LogP contribution < -0.4 is 4.74 Å². The molecule has 1 aliphatic heterocycles. The molecule has 0 aromatic heterocycles. The Balaban J connectivity index is 2.08. The van der Waals surface area contributed by atoms with E-state index < -0.39 is 12.2 Å². The molecule has 0 unspecified atom stereocenters. The van der Waals surface area contributed by atoms with Gasteiger partial charge in [0, 0.05) is 25.2 Å². The maximum absolute atomic E-state index is 12.1. The average molecular weight is 386 g/mol. The molecule has 6 nitrogen and oxygen atoms in total. The summed E-state index contributed by atoms with van der Waals surface area (Å²) in [6.07, 6.45) is 1.88. The molecule has 0 fully saturated rings. The second-order valence-electron chi connectivity index (χ2n) is 6.61. The van der Waals surface area contributed by atoms with Crippen LogP contribution >= 0.6 is 11.6 Å². The van der Waals surface area contributed by atoms with Gasteiger partial charge < -0.3 is 24.6 Å². The molecule has 1 heterocycles. The lowest BCUT2D eigenvalue weighted by Crippen LogP contribution is -2.40. The number of carbonyl (C=O) groups is 1. The van der Waals surface area contributed by atoms with Crippen molar-refractivity contribution >= 4 is 17.5 Å². The first-order valence-electron chi connectivity index (χ1n) is 9.05. The van der Waals surface area contributed by atoms with Crippen molar-refractivity contribution in [3.05, 3.63) is 28.8 Å². The topological polar surface area (TPSA) is 79.2 Å². The quantitative estimate of drug-likeness (QED) is 0.814. The Morgan fingerprint density at radius 2 is 2.08 bits per heavy atom. The van der Waals surface area contributed by atoms with Crippen molar-refractivity contribution < 1.29 is 24.5 Å². The van der Waals surface area contributed by atoms with E-state index >= 15 is 0 Å². The lowest BCUT2D eigenvalue weighted by atomic mass is 10.0. The van der Waals surface area contributed by atoms with Gasteiger partial charge in [-0.3, -0.25) is 4.79 Å². The number of aliphatic hydroxyl groups excluding tert-OH is 2. The largest absolute Gasteiger partial charge is 0.491 e.